The molecule has 0 aliphatic heterocycles. The minimum Gasteiger partial charge on any atom is -0.0867 e. The van der Waals surface area contributed by atoms with Crippen molar-refractivity contribution in [3.05, 3.63) is 0 Å². The molecule has 0 spiro atoms. The van der Waals surface area contributed by atoms with Gasteiger partial charge >= 0.3 is 0 Å². The van der Waals surface area contributed by atoms with Crippen LogP contribution in [0.3, 0.4) is 0 Å². The van der Waals surface area contributed by atoms with Crippen LogP contribution in [0.25, 0.3) is 0 Å². The molecule has 1 aliphatic rings. The second-order valence-electron chi connectivity index (χ2n) is 2.39. The maximum Gasteiger partial charge on any atom is -0.00332 e. The normalized spacial score (nSPS) is 15.3. The molecule has 1 rings (SSSR count). The molecular weight excluding hydrogens is 247 g/mol. The van der Waals surface area contributed by atoms with Gasteiger partial charge < -0.3 is 0 Å². The van der Waals surface area contributed by atoms with Gasteiger partial charge in [-0.1, -0.05) is 81.9 Å². The first kappa shape index (κ1) is 14.3. The lowest BCUT2D eigenvalue weighted by atomic mass is 10.0. The van der Waals surface area contributed by atoms with Gasteiger partial charge in [0, 0.05) is 0 Å². The highest BCUT2D eigenvalue weighted by molar-refractivity contribution is 14.1. The molecule has 0 atom stereocenters. The summed E-state index contributed by atoms with van der Waals surface area (Å²) in [6, 6.07) is 0. The molecule has 0 aromatic heterocycles. The summed E-state index contributed by atoms with van der Waals surface area (Å²) < 4.78 is 1.22. The SMILES string of the molecule is C1CCCCC1.CC.CCI. The van der Waals surface area contributed by atoms with Crippen LogP contribution >= 0.6 is 22.6 Å². The fourth-order valence-corrected chi connectivity index (χ4v) is 1.06. The highest BCUT2D eigenvalue weighted by Crippen LogP contribution is 2.15. The zero-order valence-corrected chi connectivity index (χ0v) is 10.5. The molecule has 0 N–H and O–H groups in total. The Morgan fingerprint density at radius 2 is 0.909 bits per heavy atom. The Balaban J connectivity index is 0. The van der Waals surface area contributed by atoms with E-state index in [2.05, 4.69) is 29.5 Å². The molecule has 1 aliphatic carbocycles. The van der Waals surface area contributed by atoms with Crippen molar-refractivity contribution in [3.8, 4) is 0 Å². The Morgan fingerprint density at radius 3 is 1.00 bits per heavy atom. The Bertz CT molecular complexity index is 28.6. The highest BCUT2D eigenvalue weighted by Gasteiger charge is 1.95. The fraction of sp³-hybridized carbons (Fsp3) is 1.00. The largest absolute Gasteiger partial charge is 0.0867 e. The summed E-state index contributed by atoms with van der Waals surface area (Å²) in [6.45, 7) is 6.11. The molecule has 0 saturated heterocycles. The third-order valence-corrected chi connectivity index (χ3v) is 1.50. The molecule has 0 bridgehead atoms. The van der Waals surface area contributed by atoms with Crippen LogP contribution in [0.1, 0.15) is 59.3 Å². The number of rotatable bonds is 0. The third kappa shape index (κ3) is 18.1. The van der Waals surface area contributed by atoms with Crippen molar-refractivity contribution in [2.75, 3.05) is 4.43 Å². The molecule has 0 heterocycles. The van der Waals surface area contributed by atoms with E-state index in [0.29, 0.717) is 0 Å². The summed E-state index contributed by atoms with van der Waals surface area (Å²) in [6.07, 6.45) is 9.00. The van der Waals surface area contributed by atoms with Crippen molar-refractivity contribution in [1.29, 1.82) is 0 Å². The molecule has 0 amide bonds. The first-order valence-electron chi connectivity index (χ1n) is 4.97. The van der Waals surface area contributed by atoms with Crippen LogP contribution in [0.5, 0.6) is 0 Å². The highest BCUT2D eigenvalue weighted by atomic mass is 127. The van der Waals surface area contributed by atoms with Gasteiger partial charge in [0.25, 0.3) is 0 Å². The molecule has 0 aromatic carbocycles. The molecule has 1 heteroatoms. The molecule has 1 saturated carbocycles. The van der Waals surface area contributed by atoms with E-state index in [9.17, 15) is 0 Å². The smallest absolute Gasteiger partial charge is 0.00332 e. The van der Waals surface area contributed by atoms with E-state index >= 15 is 0 Å². The molecule has 1 fully saturated rings. The van der Waals surface area contributed by atoms with Crippen LogP contribution in [0.2, 0.25) is 0 Å². The fourth-order valence-electron chi connectivity index (χ4n) is 1.06. The minimum atomic E-state index is 1.22. The second kappa shape index (κ2) is 17.0. The van der Waals surface area contributed by atoms with E-state index in [1.807, 2.05) is 13.8 Å². The van der Waals surface area contributed by atoms with Gasteiger partial charge in [-0.25, -0.2) is 0 Å². The lowest BCUT2D eigenvalue weighted by Crippen LogP contribution is -1.85. The number of hydrogen-bond donors (Lipinski definition) is 0. The average Bonchev–Trinajstić information content (AvgIpc) is 2.12. The monoisotopic (exact) mass is 270 g/mol. The van der Waals surface area contributed by atoms with Gasteiger partial charge in [0.2, 0.25) is 0 Å². The minimum absolute atomic E-state index is 1.22. The maximum absolute atomic E-state index is 2.29. The summed E-state index contributed by atoms with van der Waals surface area (Å²) in [5, 5.41) is 0. The van der Waals surface area contributed by atoms with Crippen LogP contribution in [0, 0.1) is 0 Å². The second-order valence-corrected chi connectivity index (χ2v) is 3.91. The van der Waals surface area contributed by atoms with Gasteiger partial charge in [-0.05, 0) is 4.43 Å². The van der Waals surface area contributed by atoms with Crippen molar-refractivity contribution in [3.63, 3.8) is 0 Å². The van der Waals surface area contributed by atoms with E-state index in [-0.39, 0.29) is 0 Å². The number of hydrogen-bond acceptors (Lipinski definition) is 0. The van der Waals surface area contributed by atoms with Gasteiger partial charge in [-0.3, -0.25) is 0 Å². The van der Waals surface area contributed by atoms with Crippen molar-refractivity contribution >= 4 is 22.6 Å². The summed E-state index contributed by atoms with van der Waals surface area (Å²) >= 11 is 2.29. The standard InChI is InChI=1S/C6H12.C2H5I.C2H6/c1-2-4-6-5-3-1;1-2-3;1-2/h1-6H2;2H2,1H3;1-2H3. The Labute approximate surface area is 86.3 Å². The van der Waals surface area contributed by atoms with Gasteiger partial charge in [-0.2, -0.15) is 0 Å². The zero-order valence-electron chi connectivity index (χ0n) is 8.33. The Hall–Kier alpha value is 0.730. The van der Waals surface area contributed by atoms with E-state index in [4.69, 9.17) is 0 Å². The summed E-state index contributed by atoms with van der Waals surface area (Å²) in [5.41, 5.74) is 0. The van der Waals surface area contributed by atoms with Crippen molar-refractivity contribution < 1.29 is 0 Å². The first-order chi connectivity index (χ1) is 5.41. The lowest BCUT2D eigenvalue weighted by molar-refractivity contribution is 0.504. The first-order valence-corrected chi connectivity index (χ1v) is 6.50. The van der Waals surface area contributed by atoms with Crippen LogP contribution in [0.4, 0.5) is 0 Å². The molecule has 0 unspecified atom stereocenters. The zero-order chi connectivity index (χ0) is 8.95. The molecule has 0 radical (unpaired) electrons. The summed E-state index contributed by atoms with van der Waals surface area (Å²) in [4.78, 5) is 0. The molecular formula is C10H23I. The summed E-state index contributed by atoms with van der Waals surface area (Å²) in [5.74, 6) is 0. The average molecular weight is 270 g/mol. The van der Waals surface area contributed by atoms with E-state index in [1.165, 1.54) is 43.0 Å². The van der Waals surface area contributed by atoms with Crippen LogP contribution < -0.4 is 0 Å². The number of halogens is 1. The quantitative estimate of drug-likeness (QED) is 0.438. The van der Waals surface area contributed by atoms with E-state index in [1.54, 1.807) is 0 Å². The molecule has 11 heavy (non-hydrogen) atoms. The maximum atomic E-state index is 2.29. The van der Waals surface area contributed by atoms with Gasteiger partial charge in [-0.15, -0.1) is 0 Å². The lowest BCUT2D eigenvalue weighted by Gasteiger charge is -2.05. The topological polar surface area (TPSA) is 0 Å². The van der Waals surface area contributed by atoms with E-state index in [0.717, 1.165) is 0 Å². The van der Waals surface area contributed by atoms with Crippen LogP contribution in [-0.4, -0.2) is 4.43 Å². The van der Waals surface area contributed by atoms with Crippen molar-refractivity contribution in [1.82, 2.24) is 0 Å². The van der Waals surface area contributed by atoms with Gasteiger partial charge in [0.05, 0.1) is 0 Å². The number of alkyl halides is 1. The molecule has 0 nitrogen and oxygen atoms in total. The Morgan fingerprint density at radius 1 is 0.818 bits per heavy atom. The van der Waals surface area contributed by atoms with Crippen molar-refractivity contribution in [2.45, 2.75) is 59.3 Å². The third-order valence-electron chi connectivity index (χ3n) is 1.50. The van der Waals surface area contributed by atoms with Crippen molar-refractivity contribution in [2.24, 2.45) is 0 Å². The predicted molar refractivity (Wildman–Crippen MR) is 63.6 cm³/mol. The molecule has 70 valence electrons. The van der Waals surface area contributed by atoms with Gasteiger partial charge in [0.15, 0.2) is 0 Å². The summed E-state index contributed by atoms with van der Waals surface area (Å²) in [7, 11) is 0. The van der Waals surface area contributed by atoms with Crippen LogP contribution in [-0.2, 0) is 0 Å². The molecule has 0 aromatic rings. The van der Waals surface area contributed by atoms with Crippen LogP contribution in [0.15, 0.2) is 0 Å². The predicted octanol–water partition coefficient (Wildman–Crippen LogP) is 4.81. The van der Waals surface area contributed by atoms with Gasteiger partial charge in [0.1, 0.15) is 0 Å². The van der Waals surface area contributed by atoms with E-state index < -0.39 is 0 Å². The Kier molecular flexibility index (Phi) is 22.0.